The molecule has 27 heavy (non-hydrogen) atoms. The van der Waals surface area contributed by atoms with Crippen LogP contribution in [0.25, 0.3) is 28.2 Å². The fraction of sp³-hybridized carbons (Fsp3) is 0.292. The lowest BCUT2D eigenvalue weighted by molar-refractivity contribution is 0.808. The summed E-state index contributed by atoms with van der Waals surface area (Å²) >= 11 is 0. The Morgan fingerprint density at radius 3 is 2.04 bits per heavy atom. The van der Waals surface area contributed by atoms with Crippen molar-refractivity contribution >= 4 is 11.0 Å². The second-order valence-corrected chi connectivity index (χ2v) is 7.86. The van der Waals surface area contributed by atoms with Crippen molar-refractivity contribution in [1.82, 2.24) is 14.1 Å². The molecular formula is C24H27N3. The summed E-state index contributed by atoms with van der Waals surface area (Å²) in [7, 11) is 2.08. The summed E-state index contributed by atoms with van der Waals surface area (Å²) in [5.74, 6) is 1.86. The van der Waals surface area contributed by atoms with Crippen LogP contribution in [-0.2, 0) is 7.05 Å². The molecule has 0 bridgehead atoms. The normalized spacial score (nSPS) is 11.8. The van der Waals surface area contributed by atoms with Gasteiger partial charge in [-0.05, 0) is 47.2 Å². The number of aromatic nitrogens is 3. The van der Waals surface area contributed by atoms with Crippen LogP contribution in [0.15, 0.2) is 60.8 Å². The monoisotopic (exact) mass is 357 g/mol. The van der Waals surface area contributed by atoms with Crippen molar-refractivity contribution in [3.8, 4) is 17.2 Å². The van der Waals surface area contributed by atoms with Gasteiger partial charge in [0, 0.05) is 13.2 Å². The van der Waals surface area contributed by atoms with Gasteiger partial charge in [0.15, 0.2) is 5.82 Å². The second kappa shape index (κ2) is 6.73. The molecule has 0 fully saturated rings. The van der Waals surface area contributed by atoms with Crippen LogP contribution in [0.2, 0.25) is 0 Å². The van der Waals surface area contributed by atoms with Crippen LogP contribution in [0.1, 0.15) is 50.7 Å². The number of rotatable bonds is 4. The number of hydrogen-bond donors (Lipinski definition) is 0. The van der Waals surface area contributed by atoms with Crippen molar-refractivity contribution in [3.05, 3.63) is 71.9 Å². The lowest BCUT2D eigenvalue weighted by Gasteiger charge is -2.22. The van der Waals surface area contributed by atoms with Crippen molar-refractivity contribution in [3.63, 3.8) is 0 Å². The summed E-state index contributed by atoms with van der Waals surface area (Å²) in [5.41, 5.74) is 7.32. The number of para-hydroxylation sites is 3. The summed E-state index contributed by atoms with van der Waals surface area (Å²) in [5, 5.41) is 0. The van der Waals surface area contributed by atoms with Gasteiger partial charge in [-0.1, -0.05) is 58.0 Å². The maximum atomic E-state index is 5.04. The first-order chi connectivity index (χ1) is 13.0. The molecule has 0 spiro atoms. The average Bonchev–Trinajstić information content (AvgIpc) is 3.23. The topological polar surface area (TPSA) is 22.8 Å². The first-order valence-electron chi connectivity index (χ1n) is 9.71. The van der Waals surface area contributed by atoms with Gasteiger partial charge in [0.25, 0.3) is 0 Å². The first-order valence-corrected chi connectivity index (χ1v) is 9.71. The third-order valence-electron chi connectivity index (χ3n) is 5.30. The van der Waals surface area contributed by atoms with Crippen molar-refractivity contribution in [1.29, 1.82) is 0 Å². The Balaban J connectivity index is 2.16. The molecule has 0 saturated heterocycles. The molecule has 0 amide bonds. The van der Waals surface area contributed by atoms with Gasteiger partial charge in [-0.25, -0.2) is 4.98 Å². The Labute approximate surface area is 161 Å². The van der Waals surface area contributed by atoms with Crippen molar-refractivity contribution in [2.24, 2.45) is 7.05 Å². The number of benzene rings is 2. The quantitative estimate of drug-likeness (QED) is 0.421. The van der Waals surface area contributed by atoms with Gasteiger partial charge in [-0.3, -0.25) is 4.57 Å². The van der Waals surface area contributed by atoms with Gasteiger partial charge in [0.2, 0.25) is 0 Å². The fourth-order valence-electron chi connectivity index (χ4n) is 3.89. The van der Waals surface area contributed by atoms with Crippen LogP contribution < -0.4 is 0 Å². The van der Waals surface area contributed by atoms with E-state index in [2.05, 4.69) is 105 Å². The molecule has 0 unspecified atom stereocenters. The largest absolute Gasteiger partial charge is 0.348 e. The number of aryl methyl sites for hydroxylation is 1. The predicted molar refractivity (Wildman–Crippen MR) is 114 cm³/mol. The lowest BCUT2D eigenvalue weighted by atomic mass is 9.92. The van der Waals surface area contributed by atoms with Crippen LogP contribution in [0.5, 0.6) is 0 Å². The molecule has 3 heteroatoms. The highest BCUT2D eigenvalue weighted by molar-refractivity contribution is 5.83. The average molecular weight is 358 g/mol. The Hall–Kier alpha value is -2.81. The summed E-state index contributed by atoms with van der Waals surface area (Å²) < 4.78 is 4.51. The van der Waals surface area contributed by atoms with Crippen LogP contribution in [0.3, 0.4) is 0 Å². The molecule has 2 heterocycles. The summed E-state index contributed by atoms with van der Waals surface area (Å²) in [6.45, 7) is 9.07. The molecule has 3 nitrogen and oxygen atoms in total. The first kappa shape index (κ1) is 17.6. The Kier molecular flexibility index (Phi) is 4.39. The SMILES string of the molecule is CC(C)c1cccc(C(C)C)c1-n1c(-c2cccn2C)nc2ccccc21. The third kappa shape index (κ3) is 2.87. The number of nitrogens with zero attached hydrogens (tertiary/aromatic N) is 3. The van der Waals surface area contributed by atoms with Crippen molar-refractivity contribution < 1.29 is 0 Å². The van der Waals surface area contributed by atoms with E-state index in [1.54, 1.807) is 0 Å². The fourth-order valence-corrected chi connectivity index (χ4v) is 3.89. The molecule has 4 aromatic rings. The maximum absolute atomic E-state index is 5.04. The van der Waals surface area contributed by atoms with Crippen LogP contribution in [-0.4, -0.2) is 14.1 Å². The molecule has 138 valence electrons. The van der Waals surface area contributed by atoms with E-state index in [1.165, 1.54) is 16.8 Å². The zero-order valence-corrected chi connectivity index (χ0v) is 16.8. The van der Waals surface area contributed by atoms with Gasteiger partial charge < -0.3 is 4.57 Å². The Bertz CT molecular complexity index is 1070. The highest BCUT2D eigenvalue weighted by atomic mass is 15.1. The van der Waals surface area contributed by atoms with E-state index < -0.39 is 0 Å². The van der Waals surface area contributed by atoms with Crippen molar-refractivity contribution in [2.75, 3.05) is 0 Å². The summed E-state index contributed by atoms with van der Waals surface area (Å²) in [6, 6.07) is 19.4. The lowest BCUT2D eigenvalue weighted by Crippen LogP contribution is -2.09. The molecule has 4 rings (SSSR count). The van der Waals surface area contributed by atoms with Crippen LogP contribution in [0, 0.1) is 0 Å². The maximum Gasteiger partial charge on any atom is 0.162 e. The molecular weight excluding hydrogens is 330 g/mol. The molecule has 0 aliphatic heterocycles. The molecule has 0 N–H and O–H groups in total. The molecule has 2 aromatic carbocycles. The Morgan fingerprint density at radius 2 is 1.44 bits per heavy atom. The second-order valence-electron chi connectivity index (χ2n) is 7.86. The highest BCUT2D eigenvalue weighted by Crippen LogP contribution is 2.36. The smallest absolute Gasteiger partial charge is 0.162 e. The van der Waals surface area contributed by atoms with Gasteiger partial charge in [0.1, 0.15) is 0 Å². The number of imidazole rings is 1. The van der Waals surface area contributed by atoms with E-state index in [0.717, 1.165) is 22.6 Å². The van der Waals surface area contributed by atoms with Gasteiger partial charge in [-0.15, -0.1) is 0 Å². The van der Waals surface area contributed by atoms with E-state index in [0.29, 0.717) is 11.8 Å². The van der Waals surface area contributed by atoms with Gasteiger partial charge >= 0.3 is 0 Å². The Morgan fingerprint density at radius 1 is 0.778 bits per heavy atom. The minimum atomic E-state index is 0.432. The standard InChI is InChI=1S/C24H27N3/c1-16(2)18-10-8-11-19(17(3)4)23(18)27-21-13-7-6-12-20(21)25-24(27)22-14-9-15-26(22)5/h6-17H,1-5H3. The zero-order chi connectivity index (χ0) is 19.1. The van der Waals surface area contributed by atoms with E-state index in [4.69, 9.17) is 4.98 Å². The molecule has 0 aliphatic carbocycles. The van der Waals surface area contributed by atoms with E-state index in [-0.39, 0.29) is 0 Å². The van der Waals surface area contributed by atoms with Gasteiger partial charge in [0.05, 0.1) is 22.4 Å². The highest BCUT2D eigenvalue weighted by Gasteiger charge is 2.22. The van der Waals surface area contributed by atoms with Crippen molar-refractivity contribution in [2.45, 2.75) is 39.5 Å². The zero-order valence-electron chi connectivity index (χ0n) is 16.8. The number of fused-ring (bicyclic) bond motifs is 1. The minimum Gasteiger partial charge on any atom is -0.348 e. The third-order valence-corrected chi connectivity index (χ3v) is 5.30. The molecule has 0 radical (unpaired) electrons. The summed E-state index contributed by atoms with van der Waals surface area (Å²) in [6.07, 6.45) is 2.08. The molecule has 2 aromatic heterocycles. The number of hydrogen-bond acceptors (Lipinski definition) is 1. The van der Waals surface area contributed by atoms with Gasteiger partial charge in [-0.2, -0.15) is 0 Å². The van der Waals surface area contributed by atoms with Crippen LogP contribution in [0.4, 0.5) is 0 Å². The molecule has 0 saturated carbocycles. The summed E-state index contributed by atoms with van der Waals surface area (Å²) in [4.78, 5) is 5.04. The van der Waals surface area contributed by atoms with E-state index in [9.17, 15) is 0 Å². The molecule has 0 atom stereocenters. The molecule has 0 aliphatic rings. The van der Waals surface area contributed by atoms with E-state index in [1.807, 2.05) is 0 Å². The van der Waals surface area contributed by atoms with Crippen LogP contribution >= 0.6 is 0 Å². The van der Waals surface area contributed by atoms with E-state index >= 15 is 0 Å². The minimum absolute atomic E-state index is 0.432. The predicted octanol–water partition coefficient (Wildman–Crippen LogP) is 6.28.